The summed E-state index contributed by atoms with van der Waals surface area (Å²) in [6.07, 6.45) is 0.563. The van der Waals surface area contributed by atoms with Crippen molar-refractivity contribution in [2.75, 3.05) is 6.61 Å². The fourth-order valence-electron chi connectivity index (χ4n) is 0.932. The van der Waals surface area contributed by atoms with Crippen LogP contribution in [0.2, 0.25) is 5.02 Å². The molecule has 0 amide bonds. The van der Waals surface area contributed by atoms with Gasteiger partial charge < -0.3 is 4.84 Å². The van der Waals surface area contributed by atoms with Gasteiger partial charge in [0.05, 0.1) is 6.61 Å². The number of hydrogen-bond acceptors (Lipinski definition) is 2. The van der Waals surface area contributed by atoms with Crippen molar-refractivity contribution < 1.29 is 9.23 Å². The van der Waals surface area contributed by atoms with Gasteiger partial charge in [-0.05, 0) is 30.2 Å². The monoisotopic (exact) mass is 189 g/mol. The first-order valence-corrected chi connectivity index (χ1v) is 3.87. The number of halogens is 2. The predicted molar refractivity (Wildman–Crippen MR) is 45.3 cm³/mol. The van der Waals surface area contributed by atoms with Crippen molar-refractivity contribution in [3.63, 3.8) is 0 Å². The lowest BCUT2D eigenvalue weighted by Crippen LogP contribution is -2.03. The Morgan fingerprint density at radius 2 is 2.17 bits per heavy atom. The van der Waals surface area contributed by atoms with Crippen molar-refractivity contribution >= 4 is 11.6 Å². The van der Waals surface area contributed by atoms with E-state index >= 15 is 0 Å². The van der Waals surface area contributed by atoms with E-state index in [0.717, 1.165) is 5.56 Å². The molecule has 0 radical (unpaired) electrons. The Kier molecular flexibility index (Phi) is 3.47. The fourth-order valence-corrected chi connectivity index (χ4v) is 1.18. The van der Waals surface area contributed by atoms with Gasteiger partial charge in [-0.2, -0.15) is 0 Å². The summed E-state index contributed by atoms with van der Waals surface area (Å²) in [6, 6.07) is 4.35. The van der Waals surface area contributed by atoms with Crippen LogP contribution >= 0.6 is 11.6 Å². The third kappa shape index (κ3) is 2.77. The summed E-state index contributed by atoms with van der Waals surface area (Å²) in [5.41, 5.74) is 0.783. The molecular weight excluding hydrogens is 181 g/mol. The summed E-state index contributed by atoms with van der Waals surface area (Å²) in [6.45, 7) is 0.361. The Bertz CT molecular complexity index is 247. The van der Waals surface area contributed by atoms with Gasteiger partial charge in [0.15, 0.2) is 0 Å². The third-order valence-electron chi connectivity index (χ3n) is 1.43. The van der Waals surface area contributed by atoms with E-state index in [4.69, 9.17) is 17.5 Å². The molecule has 0 saturated carbocycles. The third-order valence-corrected chi connectivity index (χ3v) is 1.65. The van der Waals surface area contributed by atoms with E-state index in [9.17, 15) is 4.39 Å². The Labute approximate surface area is 75.0 Å². The van der Waals surface area contributed by atoms with Gasteiger partial charge in [-0.25, -0.2) is 10.3 Å². The molecule has 12 heavy (non-hydrogen) atoms. The molecule has 1 aromatic carbocycles. The molecule has 0 bridgehead atoms. The van der Waals surface area contributed by atoms with Gasteiger partial charge >= 0.3 is 0 Å². The van der Waals surface area contributed by atoms with Crippen molar-refractivity contribution in [1.29, 1.82) is 0 Å². The molecule has 0 aliphatic carbocycles. The van der Waals surface area contributed by atoms with Crippen LogP contribution in [0, 0.1) is 5.82 Å². The van der Waals surface area contributed by atoms with Crippen LogP contribution in [0.15, 0.2) is 18.2 Å². The molecule has 2 N–H and O–H groups in total. The van der Waals surface area contributed by atoms with Crippen LogP contribution in [-0.2, 0) is 11.3 Å². The molecule has 1 aromatic rings. The van der Waals surface area contributed by atoms with Crippen LogP contribution < -0.4 is 5.90 Å². The standard InChI is InChI=1S/C8H9ClFNO/c9-7-3-6(1-2-12-11)4-8(10)5-7/h3-5H,1-2,11H2. The molecule has 0 atom stereocenters. The molecule has 2 nitrogen and oxygen atoms in total. The van der Waals surface area contributed by atoms with E-state index in [2.05, 4.69) is 4.84 Å². The summed E-state index contributed by atoms with van der Waals surface area (Å²) in [4.78, 5) is 4.36. The van der Waals surface area contributed by atoms with Crippen molar-refractivity contribution in [3.8, 4) is 0 Å². The van der Waals surface area contributed by atoms with Crippen LogP contribution in [-0.4, -0.2) is 6.61 Å². The SMILES string of the molecule is NOCCc1cc(F)cc(Cl)c1. The lowest BCUT2D eigenvalue weighted by molar-refractivity contribution is 0.141. The first-order valence-electron chi connectivity index (χ1n) is 3.49. The first kappa shape index (κ1) is 9.45. The second-order valence-corrected chi connectivity index (χ2v) is 2.83. The molecule has 0 fully saturated rings. The van der Waals surface area contributed by atoms with Crippen LogP contribution in [0.3, 0.4) is 0 Å². The van der Waals surface area contributed by atoms with Gasteiger partial charge in [-0.3, -0.25) is 0 Å². The molecule has 0 aromatic heterocycles. The van der Waals surface area contributed by atoms with Crippen LogP contribution in [0.1, 0.15) is 5.56 Å². The lowest BCUT2D eigenvalue weighted by atomic mass is 10.1. The maximum absolute atomic E-state index is 12.7. The molecule has 0 spiro atoms. The minimum Gasteiger partial charge on any atom is -0.304 e. The molecular formula is C8H9ClFNO. The van der Waals surface area contributed by atoms with E-state index in [0.29, 0.717) is 18.1 Å². The normalized spacial score (nSPS) is 10.2. The summed E-state index contributed by atoms with van der Waals surface area (Å²) in [7, 11) is 0. The molecule has 0 aliphatic heterocycles. The van der Waals surface area contributed by atoms with Crippen molar-refractivity contribution in [2.24, 2.45) is 5.90 Å². The highest BCUT2D eigenvalue weighted by Crippen LogP contribution is 2.14. The highest BCUT2D eigenvalue weighted by molar-refractivity contribution is 6.30. The number of rotatable bonds is 3. The van der Waals surface area contributed by atoms with E-state index < -0.39 is 0 Å². The lowest BCUT2D eigenvalue weighted by Gasteiger charge is -2.00. The first-order chi connectivity index (χ1) is 5.72. The highest BCUT2D eigenvalue weighted by atomic mass is 35.5. The van der Waals surface area contributed by atoms with E-state index in [-0.39, 0.29) is 5.82 Å². The van der Waals surface area contributed by atoms with E-state index in [1.807, 2.05) is 0 Å². The second kappa shape index (κ2) is 4.40. The van der Waals surface area contributed by atoms with Crippen molar-refractivity contribution in [3.05, 3.63) is 34.6 Å². The average molecular weight is 190 g/mol. The van der Waals surface area contributed by atoms with Gasteiger partial charge in [0.25, 0.3) is 0 Å². The van der Waals surface area contributed by atoms with Crippen molar-refractivity contribution in [2.45, 2.75) is 6.42 Å². The smallest absolute Gasteiger partial charge is 0.124 e. The zero-order valence-electron chi connectivity index (χ0n) is 6.39. The molecule has 0 saturated heterocycles. The Hall–Kier alpha value is -0.640. The van der Waals surface area contributed by atoms with Gasteiger partial charge in [0.1, 0.15) is 5.82 Å². The highest BCUT2D eigenvalue weighted by Gasteiger charge is 1.98. The zero-order chi connectivity index (χ0) is 8.97. The Morgan fingerprint density at radius 3 is 2.75 bits per heavy atom. The van der Waals surface area contributed by atoms with Crippen LogP contribution in [0.5, 0.6) is 0 Å². The number of benzene rings is 1. The number of nitrogens with two attached hydrogens (primary N) is 1. The van der Waals surface area contributed by atoms with Crippen LogP contribution in [0.25, 0.3) is 0 Å². The van der Waals surface area contributed by atoms with Gasteiger partial charge in [-0.15, -0.1) is 0 Å². The molecule has 66 valence electrons. The molecule has 0 unspecified atom stereocenters. The maximum Gasteiger partial charge on any atom is 0.124 e. The Morgan fingerprint density at radius 1 is 1.42 bits per heavy atom. The summed E-state index contributed by atoms with van der Waals surface area (Å²) in [5.74, 6) is 4.49. The van der Waals surface area contributed by atoms with E-state index in [1.165, 1.54) is 12.1 Å². The quantitative estimate of drug-likeness (QED) is 0.738. The predicted octanol–water partition coefficient (Wildman–Crippen LogP) is 1.91. The summed E-state index contributed by atoms with van der Waals surface area (Å²) >= 11 is 5.62. The fraction of sp³-hybridized carbons (Fsp3) is 0.250. The maximum atomic E-state index is 12.7. The molecule has 1 rings (SSSR count). The number of hydrogen-bond donors (Lipinski definition) is 1. The minimum atomic E-state index is -0.338. The van der Waals surface area contributed by atoms with Crippen molar-refractivity contribution in [1.82, 2.24) is 0 Å². The average Bonchev–Trinajstić information content (AvgIpc) is 1.99. The topological polar surface area (TPSA) is 35.2 Å². The van der Waals surface area contributed by atoms with Crippen LogP contribution in [0.4, 0.5) is 4.39 Å². The minimum absolute atomic E-state index is 0.338. The summed E-state index contributed by atoms with van der Waals surface area (Å²) in [5, 5.41) is 0.391. The van der Waals surface area contributed by atoms with Gasteiger partial charge in [0.2, 0.25) is 0 Å². The summed E-state index contributed by atoms with van der Waals surface area (Å²) < 4.78 is 12.7. The Balaban J connectivity index is 2.72. The largest absolute Gasteiger partial charge is 0.304 e. The van der Waals surface area contributed by atoms with Gasteiger partial charge in [-0.1, -0.05) is 11.6 Å². The molecule has 0 heterocycles. The molecule has 4 heteroatoms. The second-order valence-electron chi connectivity index (χ2n) is 2.40. The molecule has 0 aliphatic rings. The van der Waals surface area contributed by atoms with Gasteiger partial charge in [0, 0.05) is 5.02 Å². The van der Waals surface area contributed by atoms with E-state index in [1.54, 1.807) is 6.07 Å². The zero-order valence-corrected chi connectivity index (χ0v) is 7.14.